The normalized spacial score (nSPS) is 25.6. The molecule has 0 radical (unpaired) electrons. The van der Waals surface area contributed by atoms with Gasteiger partial charge in [0.1, 0.15) is 6.10 Å². The average molecular weight is 248 g/mol. The minimum absolute atomic E-state index is 0.0408. The highest BCUT2D eigenvalue weighted by molar-refractivity contribution is 5.25. The van der Waals surface area contributed by atoms with E-state index in [1.54, 1.807) is 0 Å². The summed E-state index contributed by atoms with van der Waals surface area (Å²) < 4.78 is 5.63. The predicted octanol–water partition coefficient (Wildman–Crippen LogP) is 3.34. The Morgan fingerprint density at radius 2 is 1.94 bits per heavy atom. The molecule has 1 saturated heterocycles. The van der Waals surface area contributed by atoms with Crippen LogP contribution >= 0.6 is 0 Å². The third kappa shape index (κ3) is 3.12. The number of ether oxygens (including phenoxy) is 1. The van der Waals surface area contributed by atoms with Gasteiger partial charge in [-0.3, -0.25) is 0 Å². The Hall–Kier alpha value is -0.860. The van der Waals surface area contributed by atoms with E-state index in [-0.39, 0.29) is 6.10 Å². The standard InChI is InChI=1S/C16H24O2/c1-11(2)10-13-4-6-14(7-5-13)15(17)16-12(3)8-9-18-16/h4-7,11-12,15-17H,8-10H2,1-3H3. The van der Waals surface area contributed by atoms with E-state index >= 15 is 0 Å². The molecule has 2 heteroatoms. The van der Waals surface area contributed by atoms with E-state index in [2.05, 4.69) is 32.9 Å². The zero-order chi connectivity index (χ0) is 13.1. The summed E-state index contributed by atoms with van der Waals surface area (Å²) in [6.07, 6.45) is 1.61. The summed E-state index contributed by atoms with van der Waals surface area (Å²) in [5.74, 6) is 1.11. The number of rotatable bonds is 4. The monoisotopic (exact) mass is 248 g/mol. The zero-order valence-corrected chi connectivity index (χ0v) is 11.6. The van der Waals surface area contributed by atoms with Crippen LogP contribution in [0.4, 0.5) is 0 Å². The predicted molar refractivity (Wildman–Crippen MR) is 73.5 cm³/mol. The number of aliphatic hydroxyl groups excluding tert-OH is 1. The molecule has 1 fully saturated rings. The van der Waals surface area contributed by atoms with Crippen LogP contribution in [0.3, 0.4) is 0 Å². The summed E-state index contributed by atoms with van der Waals surface area (Å²) in [5, 5.41) is 10.3. The number of aliphatic hydroxyl groups is 1. The van der Waals surface area contributed by atoms with Gasteiger partial charge in [0.2, 0.25) is 0 Å². The Morgan fingerprint density at radius 1 is 1.28 bits per heavy atom. The Bertz CT molecular complexity index is 369. The van der Waals surface area contributed by atoms with Crippen LogP contribution in [-0.4, -0.2) is 17.8 Å². The molecule has 1 heterocycles. The third-order valence-corrected chi connectivity index (χ3v) is 3.72. The second-order valence-electron chi connectivity index (χ2n) is 5.89. The number of hydrogen-bond donors (Lipinski definition) is 1. The van der Waals surface area contributed by atoms with Crippen molar-refractivity contribution in [2.75, 3.05) is 6.61 Å². The minimum atomic E-state index is -0.490. The molecule has 1 N–H and O–H groups in total. The number of benzene rings is 1. The Morgan fingerprint density at radius 3 is 2.44 bits per heavy atom. The molecular formula is C16H24O2. The Balaban J connectivity index is 2.04. The summed E-state index contributed by atoms with van der Waals surface area (Å²) in [6, 6.07) is 8.32. The molecule has 0 amide bonds. The third-order valence-electron chi connectivity index (χ3n) is 3.72. The van der Waals surface area contributed by atoms with Gasteiger partial charge < -0.3 is 9.84 Å². The fourth-order valence-electron chi connectivity index (χ4n) is 2.63. The highest BCUT2D eigenvalue weighted by atomic mass is 16.5. The highest BCUT2D eigenvalue weighted by Gasteiger charge is 2.31. The van der Waals surface area contributed by atoms with E-state index < -0.39 is 6.10 Å². The molecule has 0 saturated carbocycles. The van der Waals surface area contributed by atoms with Gasteiger partial charge in [0.05, 0.1) is 6.10 Å². The molecule has 1 aliphatic rings. The fourth-order valence-corrected chi connectivity index (χ4v) is 2.63. The van der Waals surface area contributed by atoms with Crippen molar-refractivity contribution in [2.24, 2.45) is 11.8 Å². The highest BCUT2D eigenvalue weighted by Crippen LogP contribution is 2.31. The van der Waals surface area contributed by atoms with Crippen LogP contribution in [0.25, 0.3) is 0 Å². The summed E-state index contributed by atoms with van der Waals surface area (Å²) in [6.45, 7) is 7.36. The summed E-state index contributed by atoms with van der Waals surface area (Å²) in [7, 11) is 0. The summed E-state index contributed by atoms with van der Waals surface area (Å²) in [4.78, 5) is 0. The van der Waals surface area contributed by atoms with Gasteiger partial charge in [-0.15, -0.1) is 0 Å². The van der Waals surface area contributed by atoms with Crippen molar-refractivity contribution in [1.29, 1.82) is 0 Å². The van der Waals surface area contributed by atoms with Gasteiger partial charge in [0.25, 0.3) is 0 Å². The van der Waals surface area contributed by atoms with Gasteiger partial charge in [-0.05, 0) is 35.8 Å². The SMILES string of the molecule is CC(C)Cc1ccc(C(O)C2OCCC2C)cc1. The van der Waals surface area contributed by atoms with Crippen molar-refractivity contribution < 1.29 is 9.84 Å². The topological polar surface area (TPSA) is 29.5 Å². The van der Waals surface area contributed by atoms with Crippen molar-refractivity contribution >= 4 is 0 Å². The van der Waals surface area contributed by atoms with Gasteiger partial charge in [0, 0.05) is 6.61 Å². The first-order valence-electron chi connectivity index (χ1n) is 6.96. The lowest BCUT2D eigenvalue weighted by Gasteiger charge is -2.22. The molecule has 1 aromatic carbocycles. The van der Waals surface area contributed by atoms with Crippen LogP contribution in [-0.2, 0) is 11.2 Å². The average Bonchev–Trinajstić information content (AvgIpc) is 2.75. The van der Waals surface area contributed by atoms with Crippen molar-refractivity contribution in [3.8, 4) is 0 Å². The van der Waals surface area contributed by atoms with Crippen molar-refractivity contribution in [2.45, 2.75) is 45.8 Å². The van der Waals surface area contributed by atoms with Gasteiger partial charge in [-0.2, -0.15) is 0 Å². The fraction of sp³-hybridized carbons (Fsp3) is 0.625. The molecule has 0 bridgehead atoms. The molecule has 0 spiro atoms. The maximum Gasteiger partial charge on any atom is 0.105 e. The van der Waals surface area contributed by atoms with Crippen LogP contribution in [0.2, 0.25) is 0 Å². The first-order valence-corrected chi connectivity index (χ1v) is 6.96. The van der Waals surface area contributed by atoms with Crippen LogP contribution in [0.15, 0.2) is 24.3 Å². The second-order valence-corrected chi connectivity index (χ2v) is 5.89. The minimum Gasteiger partial charge on any atom is -0.386 e. The molecule has 18 heavy (non-hydrogen) atoms. The lowest BCUT2D eigenvalue weighted by atomic mass is 9.93. The van der Waals surface area contributed by atoms with Crippen LogP contribution < -0.4 is 0 Å². The first-order chi connectivity index (χ1) is 8.58. The van der Waals surface area contributed by atoms with Gasteiger partial charge >= 0.3 is 0 Å². The van der Waals surface area contributed by atoms with E-state index in [1.165, 1.54) is 5.56 Å². The zero-order valence-electron chi connectivity index (χ0n) is 11.6. The molecule has 0 aromatic heterocycles. The van der Waals surface area contributed by atoms with E-state index in [1.807, 2.05) is 12.1 Å². The van der Waals surface area contributed by atoms with Crippen molar-refractivity contribution in [3.05, 3.63) is 35.4 Å². The molecule has 3 atom stereocenters. The van der Waals surface area contributed by atoms with Crippen molar-refractivity contribution in [1.82, 2.24) is 0 Å². The Labute approximate surface area is 110 Å². The largest absolute Gasteiger partial charge is 0.386 e. The Kier molecular flexibility index (Phi) is 4.41. The summed E-state index contributed by atoms with van der Waals surface area (Å²) in [5.41, 5.74) is 2.31. The number of hydrogen-bond acceptors (Lipinski definition) is 2. The lowest BCUT2D eigenvalue weighted by Crippen LogP contribution is -2.22. The van der Waals surface area contributed by atoms with Crippen LogP contribution in [0, 0.1) is 11.8 Å². The molecule has 2 rings (SSSR count). The molecule has 2 nitrogen and oxygen atoms in total. The van der Waals surface area contributed by atoms with Crippen molar-refractivity contribution in [3.63, 3.8) is 0 Å². The van der Waals surface area contributed by atoms with E-state index in [9.17, 15) is 5.11 Å². The smallest absolute Gasteiger partial charge is 0.105 e. The maximum atomic E-state index is 10.3. The van der Waals surface area contributed by atoms with Gasteiger partial charge in [-0.1, -0.05) is 45.0 Å². The molecule has 0 aliphatic carbocycles. The van der Waals surface area contributed by atoms with Crippen LogP contribution in [0.5, 0.6) is 0 Å². The second kappa shape index (κ2) is 5.85. The molecule has 3 unspecified atom stereocenters. The van der Waals surface area contributed by atoms with E-state index in [0.717, 1.165) is 25.0 Å². The van der Waals surface area contributed by atoms with E-state index in [0.29, 0.717) is 11.8 Å². The quantitative estimate of drug-likeness (QED) is 0.885. The lowest BCUT2D eigenvalue weighted by molar-refractivity contribution is -0.0178. The molecular weight excluding hydrogens is 224 g/mol. The van der Waals surface area contributed by atoms with E-state index in [4.69, 9.17) is 4.74 Å². The molecule has 100 valence electrons. The molecule has 1 aliphatic heterocycles. The summed E-state index contributed by atoms with van der Waals surface area (Å²) >= 11 is 0. The molecule has 1 aromatic rings. The van der Waals surface area contributed by atoms with Gasteiger partial charge in [-0.25, -0.2) is 0 Å². The van der Waals surface area contributed by atoms with Crippen LogP contribution in [0.1, 0.15) is 44.4 Å². The maximum absolute atomic E-state index is 10.3. The van der Waals surface area contributed by atoms with Gasteiger partial charge in [0.15, 0.2) is 0 Å². The first kappa shape index (κ1) is 13.6.